The van der Waals surface area contributed by atoms with Crippen molar-refractivity contribution < 1.29 is 23.8 Å². The molecule has 1 saturated heterocycles. The van der Waals surface area contributed by atoms with E-state index in [0.717, 1.165) is 39.8 Å². The number of ether oxygens (including phenoxy) is 1. The average molecular weight is 499 g/mol. The largest absolute Gasteiger partial charge is 0.507 e. The van der Waals surface area contributed by atoms with Crippen LogP contribution in [0, 0.1) is 5.82 Å². The molecule has 0 radical (unpaired) electrons. The fourth-order valence-electron chi connectivity index (χ4n) is 4.89. The van der Waals surface area contributed by atoms with Gasteiger partial charge in [0.25, 0.3) is 11.7 Å². The van der Waals surface area contributed by atoms with Gasteiger partial charge in [0.15, 0.2) is 0 Å². The van der Waals surface area contributed by atoms with Gasteiger partial charge in [0, 0.05) is 29.2 Å². The molecule has 1 fully saturated rings. The molecule has 4 aromatic rings. The zero-order chi connectivity index (χ0) is 26.1. The average Bonchev–Trinajstić information content (AvgIpc) is 3.44. The first-order valence-electron chi connectivity index (χ1n) is 12.2. The van der Waals surface area contributed by atoms with Crippen molar-refractivity contribution in [3.63, 3.8) is 0 Å². The van der Waals surface area contributed by atoms with Crippen molar-refractivity contribution in [2.45, 2.75) is 25.8 Å². The number of carbonyl (C=O) groups is 2. The summed E-state index contributed by atoms with van der Waals surface area (Å²) in [6, 6.07) is 17.9. The molecule has 5 rings (SSSR count). The molecule has 6 nitrogen and oxygen atoms in total. The highest BCUT2D eigenvalue weighted by atomic mass is 19.1. The van der Waals surface area contributed by atoms with Crippen molar-refractivity contribution >= 4 is 28.4 Å². The van der Waals surface area contributed by atoms with Gasteiger partial charge in [-0.25, -0.2) is 4.39 Å². The Balaban J connectivity index is 1.55. The molecule has 0 bridgehead atoms. The molecule has 188 valence electrons. The van der Waals surface area contributed by atoms with Gasteiger partial charge in [-0.05, 0) is 72.0 Å². The minimum Gasteiger partial charge on any atom is -0.507 e. The second kappa shape index (κ2) is 9.93. The third-order valence-corrected chi connectivity index (χ3v) is 6.96. The number of carbonyl (C=O) groups excluding carboxylic acids is 2. The van der Waals surface area contributed by atoms with E-state index in [1.54, 1.807) is 7.11 Å². The zero-order valence-electron chi connectivity index (χ0n) is 20.6. The van der Waals surface area contributed by atoms with Crippen LogP contribution >= 0.6 is 0 Å². The monoisotopic (exact) mass is 498 g/mol. The number of H-pyrrole nitrogens is 1. The van der Waals surface area contributed by atoms with Gasteiger partial charge >= 0.3 is 0 Å². The van der Waals surface area contributed by atoms with Crippen LogP contribution in [0.15, 0.2) is 78.5 Å². The van der Waals surface area contributed by atoms with Crippen LogP contribution in [0.1, 0.15) is 35.2 Å². The number of rotatable bonds is 7. The standard InChI is InChI=1S/C30H27FN2O4/c1-3-18-4-6-19(7-5-18)27-26(28(34)20-8-10-22(31)11-9-20)29(35)30(36)33(27)15-14-21-17-32-25-13-12-23(37-2)16-24(21)25/h4-13,16-17,27,32,34H,3,14-15H2,1-2H3/b28-26-. The maximum absolute atomic E-state index is 13.5. The molecule has 0 saturated carbocycles. The predicted octanol–water partition coefficient (Wildman–Crippen LogP) is 5.54. The van der Waals surface area contributed by atoms with E-state index in [4.69, 9.17) is 4.74 Å². The van der Waals surface area contributed by atoms with Crippen molar-refractivity contribution in [1.29, 1.82) is 0 Å². The lowest BCUT2D eigenvalue weighted by atomic mass is 9.94. The van der Waals surface area contributed by atoms with Gasteiger partial charge in [0.05, 0.1) is 18.7 Å². The van der Waals surface area contributed by atoms with Crippen LogP contribution in [-0.4, -0.2) is 40.3 Å². The molecule has 0 spiro atoms. The number of aryl methyl sites for hydroxylation is 1. The summed E-state index contributed by atoms with van der Waals surface area (Å²) < 4.78 is 18.9. The number of nitrogens with zero attached hydrogens (tertiary/aromatic N) is 1. The van der Waals surface area contributed by atoms with Gasteiger partial charge in [-0.2, -0.15) is 0 Å². The summed E-state index contributed by atoms with van der Waals surface area (Å²) >= 11 is 0. The lowest BCUT2D eigenvalue weighted by molar-refractivity contribution is -0.139. The summed E-state index contributed by atoms with van der Waals surface area (Å²) in [5.74, 6) is -1.48. The highest BCUT2D eigenvalue weighted by Crippen LogP contribution is 2.40. The Kier molecular flexibility index (Phi) is 6.53. The third kappa shape index (κ3) is 4.48. The van der Waals surface area contributed by atoms with E-state index in [-0.39, 0.29) is 23.4 Å². The maximum atomic E-state index is 13.5. The van der Waals surface area contributed by atoms with E-state index >= 15 is 0 Å². The smallest absolute Gasteiger partial charge is 0.295 e. The minimum absolute atomic E-state index is 0.00134. The van der Waals surface area contributed by atoms with E-state index in [1.165, 1.54) is 29.2 Å². The first-order valence-corrected chi connectivity index (χ1v) is 12.2. The van der Waals surface area contributed by atoms with Crippen LogP contribution in [-0.2, 0) is 22.4 Å². The molecule has 2 N–H and O–H groups in total. The number of hydrogen-bond donors (Lipinski definition) is 2. The number of benzene rings is 3. The summed E-state index contributed by atoms with van der Waals surface area (Å²) in [5, 5.41) is 12.1. The molecule has 1 amide bonds. The second-order valence-corrected chi connectivity index (χ2v) is 9.07. The lowest BCUT2D eigenvalue weighted by Gasteiger charge is -2.25. The Labute approximate surface area is 214 Å². The molecule has 1 atom stereocenters. The van der Waals surface area contributed by atoms with Crippen LogP contribution in [0.2, 0.25) is 0 Å². The van der Waals surface area contributed by atoms with Gasteiger partial charge in [-0.3, -0.25) is 9.59 Å². The molecular formula is C30H27FN2O4. The van der Waals surface area contributed by atoms with Gasteiger partial charge < -0.3 is 19.7 Å². The van der Waals surface area contributed by atoms with Crippen molar-refractivity contribution in [3.8, 4) is 5.75 Å². The Morgan fingerprint density at radius 1 is 1.05 bits per heavy atom. The minimum atomic E-state index is -0.768. The first-order chi connectivity index (χ1) is 17.9. The molecular weight excluding hydrogens is 471 g/mol. The number of methoxy groups -OCH3 is 1. The zero-order valence-corrected chi connectivity index (χ0v) is 20.6. The summed E-state index contributed by atoms with van der Waals surface area (Å²) in [7, 11) is 1.61. The molecule has 1 unspecified atom stereocenters. The fraction of sp³-hybridized carbons (Fsp3) is 0.200. The van der Waals surface area contributed by atoms with E-state index in [9.17, 15) is 19.1 Å². The number of aromatic nitrogens is 1. The van der Waals surface area contributed by atoms with Crippen molar-refractivity contribution in [2.75, 3.05) is 13.7 Å². The number of likely N-dealkylation sites (tertiary alicyclic amines) is 1. The summed E-state index contributed by atoms with van der Waals surface area (Å²) in [4.78, 5) is 31.3. The normalized spacial score (nSPS) is 17.1. The Morgan fingerprint density at radius 3 is 2.46 bits per heavy atom. The predicted molar refractivity (Wildman–Crippen MR) is 140 cm³/mol. The van der Waals surface area contributed by atoms with Crippen molar-refractivity contribution in [1.82, 2.24) is 9.88 Å². The molecule has 1 aliphatic heterocycles. The topological polar surface area (TPSA) is 82.6 Å². The van der Waals surface area contributed by atoms with Gasteiger partial charge in [0.1, 0.15) is 17.3 Å². The number of nitrogens with one attached hydrogen (secondary N) is 1. The van der Waals surface area contributed by atoms with Crippen LogP contribution in [0.3, 0.4) is 0 Å². The SMILES string of the molecule is CCc1ccc(C2/C(=C(/O)c3ccc(F)cc3)C(=O)C(=O)N2CCc2c[nH]c3ccc(OC)cc23)cc1. The van der Waals surface area contributed by atoms with E-state index in [1.807, 2.05) is 55.6 Å². The Bertz CT molecular complexity index is 1500. The van der Waals surface area contributed by atoms with Crippen LogP contribution in [0.4, 0.5) is 4.39 Å². The number of aromatic amines is 1. The quantitative estimate of drug-likeness (QED) is 0.199. The van der Waals surface area contributed by atoms with E-state index in [2.05, 4.69) is 4.98 Å². The number of aliphatic hydroxyl groups is 1. The number of ketones is 1. The van der Waals surface area contributed by atoms with Gasteiger partial charge in [-0.15, -0.1) is 0 Å². The number of amides is 1. The number of fused-ring (bicyclic) bond motifs is 1. The second-order valence-electron chi connectivity index (χ2n) is 9.07. The summed E-state index contributed by atoms with van der Waals surface area (Å²) in [5.41, 5.74) is 4.04. The number of halogens is 1. The highest BCUT2D eigenvalue weighted by Gasteiger charge is 2.45. The molecule has 0 aliphatic carbocycles. The van der Waals surface area contributed by atoms with Crippen molar-refractivity contribution in [2.24, 2.45) is 0 Å². The van der Waals surface area contributed by atoms with Crippen LogP contribution < -0.4 is 4.74 Å². The highest BCUT2D eigenvalue weighted by molar-refractivity contribution is 6.46. The molecule has 37 heavy (non-hydrogen) atoms. The summed E-state index contributed by atoms with van der Waals surface area (Å²) in [6.45, 7) is 2.31. The van der Waals surface area contributed by atoms with Crippen LogP contribution in [0.5, 0.6) is 5.75 Å². The molecule has 1 aromatic heterocycles. The fourth-order valence-corrected chi connectivity index (χ4v) is 4.89. The number of Topliss-reactive ketones (excluding diaryl/α,β-unsaturated/α-hetero) is 1. The van der Waals surface area contributed by atoms with E-state index < -0.39 is 23.5 Å². The van der Waals surface area contributed by atoms with Gasteiger partial charge in [-0.1, -0.05) is 31.2 Å². The first kappa shape index (κ1) is 24.3. The number of hydrogen-bond acceptors (Lipinski definition) is 4. The van der Waals surface area contributed by atoms with Gasteiger partial charge in [0.2, 0.25) is 0 Å². The third-order valence-electron chi connectivity index (χ3n) is 6.96. The Hall–Kier alpha value is -4.39. The molecule has 1 aliphatic rings. The maximum Gasteiger partial charge on any atom is 0.295 e. The van der Waals surface area contributed by atoms with Crippen LogP contribution in [0.25, 0.3) is 16.7 Å². The molecule has 3 aromatic carbocycles. The van der Waals surface area contributed by atoms with E-state index in [0.29, 0.717) is 6.42 Å². The molecule has 2 heterocycles. The Morgan fingerprint density at radius 2 is 1.78 bits per heavy atom. The molecule has 7 heteroatoms. The van der Waals surface area contributed by atoms with Crippen molar-refractivity contribution in [3.05, 3.63) is 107 Å². The number of aliphatic hydroxyl groups excluding tert-OH is 1. The lowest BCUT2D eigenvalue weighted by Crippen LogP contribution is -2.31. The summed E-state index contributed by atoms with van der Waals surface area (Å²) in [6.07, 6.45) is 3.23.